The lowest BCUT2D eigenvalue weighted by molar-refractivity contribution is 0.411. The Hall–Kier alpha value is -1.75. The number of benzene rings is 2. The first-order valence-electron chi connectivity index (χ1n) is 6.06. The van der Waals surface area contributed by atoms with E-state index in [0.29, 0.717) is 28.0 Å². The van der Waals surface area contributed by atoms with Crippen molar-refractivity contribution in [2.45, 2.75) is 13.5 Å². The van der Waals surface area contributed by atoms with Crippen molar-refractivity contribution < 1.29 is 14.2 Å². The smallest absolute Gasteiger partial charge is 0.139 e. The Bertz CT molecular complexity index is 632. The number of hydrogen-bond acceptors (Lipinski definition) is 3. The van der Waals surface area contributed by atoms with Crippen molar-refractivity contribution in [1.82, 2.24) is 0 Å². The molecule has 0 aromatic heterocycles. The standard InChI is InChI=1S/C15H15BrFNO2/c1-9-5-12(16)13(17)7-14(9)18-8-10-6-11(20-2)3-4-15(10)19/h3-7,18-19H,8H2,1-2H3. The summed E-state index contributed by atoms with van der Waals surface area (Å²) in [6, 6.07) is 8.14. The van der Waals surface area contributed by atoms with Gasteiger partial charge in [-0.3, -0.25) is 0 Å². The van der Waals surface area contributed by atoms with Crippen LogP contribution in [-0.2, 0) is 6.54 Å². The molecule has 0 unspecified atom stereocenters. The number of hydrogen-bond donors (Lipinski definition) is 2. The van der Waals surface area contributed by atoms with E-state index in [1.54, 1.807) is 31.4 Å². The van der Waals surface area contributed by atoms with Crippen molar-refractivity contribution in [2.24, 2.45) is 0 Å². The van der Waals surface area contributed by atoms with E-state index in [4.69, 9.17) is 4.74 Å². The number of rotatable bonds is 4. The number of aromatic hydroxyl groups is 1. The third-order valence-electron chi connectivity index (χ3n) is 3.02. The molecule has 0 aliphatic carbocycles. The van der Waals surface area contributed by atoms with E-state index in [0.717, 1.165) is 5.56 Å². The maximum Gasteiger partial charge on any atom is 0.139 e. The average molecular weight is 340 g/mol. The van der Waals surface area contributed by atoms with Crippen LogP contribution in [0.4, 0.5) is 10.1 Å². The molecule has 0 aliphatic rings. The fourth-order valence-corrected chi connectivity index (χ4v) is 2.32. The highest BCUT2D eigenvalue weighted by Gasteiger charge is 2.07. The van der Waals surface area contributed by atoms with Crippen molar-refractivity contribution in [3.05, 3.63) is 51.7 Å². The largest absolute Gasteiger partial charge is 0.508 e. The van der Waals surface area contributed by atoms with Crippen LogP contribution in [-0.4, -0.2) is 12.2 Å². The van der Waals surface area contributed by atoms with Gasteiger partial charge < -0.3 is 15.2 Å². The number of halogens is 2. The second-order valence-electron chi connectivity index (χ2n) is 4.43. The number of phenols is 1. The second-order valence-corrected chi connectivity index (χ2v) is 5.28. The van der Waals surface area contributed by atoms with E-state index in [1.807, 2.05) is 6.92 Å². The average Bonchev–Trinajstić information content (AvgIpc) is 2.43. The van der Waals surface area contributed by atoms with E-state index in [2.05, 4.69) is 21.2 Å². The summed E-state index contributed by atoms with van der Waals surface area (Å²) in [4.78, 5) is 0. The number of phenolic OH excluding ortho intramolecular Hbond substituents is 1. The van der Waals surface area contributed by atoms with Gasteiger partial charge in [0.1, 0.15) is 17.3 Å². The van der Waals surface area contributed by atoms with E-state index in [1.165, 1.54) is 6.07 Å². The zero-order valence-electron chi connectivity index (χ0n) is 11.2. The van der Waals surface area contributed by atoms with Crippen LogP contribution in [0.5, 0.6) is 11.5 Å². The number of anilines is 1. The molecule has 2 rings (SSSR count). The van der Waals surface area contributed by atoms with Gasteiger partial charge in [-0.05, 0) is 58.7 Å². The Labute approximate surface area is 125 Å². The molecule has 0 heterocycles. The van der Waals surface area contributed by atoms with Crippen LogP contribution < -0.4 is 10.1 Å². The first-order chi connectivity index (χ1) is 9.51. The van der Waals surface area contributed by atoms with Crippen molar-refractivity contribution >= 4 is 21.6 Å². The summed E-state index contributed by atoms with van der Waals surface area (Å²) >= 11 is 3.15. The van der Waals surface area contributed by atoms with Gasteiger partial charge >= 0.3 is 0 Å². The van der Waals surface area contributed by atoms with Gasteiger partial charge in [0.15, 0.2) is 0 Å². The molecule has 5 heteroatoms. The summed E-state index contributed by atoms with van der Waals surface area (Å²) in [6.07, 6.45) is 0. The van der Waals surface area contributed by atoms with Crippen molar-refractivity contribution in [3.8, 4) is 11.5 Å². The summed E-state index contributed by atoms with van der Waals surface area (Å²) in [7, 11) is 1.57. The Kier molecular flexibility index (Phi) is 4.49. The molecule has 0 radical (unpaired) electrons. The van der Waals surface area contributed by atoms with Crippen LogP contribution in [0.15, 0.2) is 34.8 Å². The van der Waals surface area contributed by atoms with Crippen LogP contribution in [0, 0.1) is 12.7 Å². The molecule has 106 valence electrons. The predicted molar refractivity (Wildman–Crippen MR) is 80.8 cm³/mol. The number of nitrogens with one attached hydrogen (secondary N) is 1. The molecule has 0 saturated carbocycles. The molecule has 20 heavy (non-hydrogen) atoms. The van der Waals surface area contributed by atoms with Gasteiger partial charge in [-0.2, -0.15) is 0 Å². The molecular formula is C15H15BrFNO2. The monoisotopic (exact) mass is 339 g/mol. The summed E-state index contributed by atoms with van der Waals surface area (Å²) < 4.78 is 19.1. The molecule has 0 spiro atoms. The molecule has 0 fully saturated rings. The Morgan fingerprint density at radius 2 is 2.05 bits per heavy atom. The van der Waals surface area contributed by atoms with Gasteiger partial charge in [0.2, 0.25) is 0 Å². The third-order valence-corrected chi connectivity index (χ3v) is 3.63. The summed E-state index contributed by atoms with van der Waals surface area (Å²) in [5.74, 6) is 0.514. The number of ether oxygens (including phenoxy) is 1. The molecular weight excluding hydrogens is 325 g/mol. The minimum atomic E-state index is -0.326. The quantitative estimate of drug-likeness (QED) is 0.876. The zero-order valence-corrected chi connectivity index (χ0v) is 12.8. The highest BCUT2D eigenvalue weighted by molar-refractivity contribution is 9.10. The summed E-state index contributed by atoms with van der Waals surface area (Å²) in [5.41, 5.74) is 2.29. The topological polar surface area (TPSA) is 41.5 Å². The van der Waals surface area contributed by atoms with Gasteiger partial charge in [-0.25, -0.2) is 4.39 Å². The third kappa shape index (κ3) is 3.22. The SMILES string of the molecule is COc1ccc(O)c(CNc2cc(F)c(Br)cc2C)c1. The van der Waals surface area contributed by atoms with Gasteiger partial charge in [0, 0.05) is 17.8 Å². The van der Waals surface area contributed by atoms with Crippen molar-refractivity contribution in [2.75, 3.05) is 12.4 Å². The second kappa shape index (κ2) is 6.13. The maximum absolute atomic E-state index is 13.5. The molecule has 2 aromatic carbocycles. The zero-order chi connectivity index (χ0) is 14.7. The van der Waals surface area contributed by atoms with Crippen LogP contribution in [0.3, 0.4) is 0 Å². The van der Waals surface area contributed by atoms with Crippen molar-refractivity contribution in [1.29, 1.82) is 0 Å². The minimum Gasteiger partial charge on any atom is -0.508 e. The Morgan fingerprint density at radius 3 is 2.75 bits per heavy atom. The molecule has 0 amide bonds. The minimum absolute atomic E-state index is 0.175. The normalized spacial score (nSPS) is 10.4. The molecule has 2 N–H and O–H groups in total. The molecule has 2 aromatic rings. The molecule has 0 bridgehead atoms. The number of methoxy groups -OCH3 is 1. The van der Waals surface area contributed by atoms with Crippen molar-refractivity contribution in [3.63, 3.8) is 0 Å². The predicted octanol–water partition coefficient (Wildman–Crippen LogP) is 4.22. The summed E-state index contributed by atoms with van der Waals surface area (Å²) in [6.45, 7) is 2.27. The molecule has 0 atom stereocenters. The summed E-state index contributed by atoms with van der Waals surface area (Å²) in [5, 5.41) is 12.9. The van der Waals surface area contributed by atoms with E-state index < -0.39 is 0 Å². The maximum atomic E-state index is 13.5. The van der Waals surface area contributed by atoms with E-state index in [9.17, 15) is 9.50 Å². The fraction of sp³-hybridized carbons (Fsp3) is 0.200. The van der Waals surface area contributed by atoms with Gasteiger partial charge in [0.05, 0.1) is 11.6 Å². The first-order valence-corrected chi connectivity index (χ1v) is 6.86. The van der Waals surface area contributed by atoms with Gasteiger partial charge in [-0.1, -0.05) is 0 Å². The number of aryl methyl sites for hydroxylation is 1. The molecule has 3 nitrogen and oxygen atoms in total. The Morgan fingerprint density at radius 1 is 1.30 bits per heavy atom. The fourth-order valence-electron chi connectivity index (χ4n) is 1.86. The highest BCUT2D eigenvalue weighted by atomic mass is 79.9. The van der Waals surface area contributed by atoms with Crippen LogP contribution >= 0.6 is 15.9 Å². The lowest BCUT2D eigenvalue weighted by atomic mass is 10.1. The van der Waals surface area contributed by atoms with Crippen LogP contribution in [0.2, 0.25) is 0 Å². The lowest BCUT2D eigenvalue weighted by Crippen LogP contribution is -2.02. The first kappa shape index (κ1) is 14.7. The molecule has 0 aliphatic heterocycles. The lowest BCUT2D eigenvalue weighted by Gasteiger charge is -2.12. The van der Waals surface area contributed by atoms with Crippen LogP contribution in [0.1, 0.15) is 11.1 Å². The highest BCUT2D eigenvalue weighted by Crippen LogP contribution is 2.27. The van der Waals surface area contributed by atoms with E-state index in [-0.39, 0.29) is 11.6 Å². The molecule has 0 saturated heterocycles. The Balaban J connectivity index is 2.18. The van der Waals surface area contributed by atoms with Gasteiger partial charge in [0.25, 0.3) is 0 Å². The van der Waals surface area contributed by atoms with Gasteiger partial charge in [-0.15, -0.1) is 0 Å². The van der Waals surface area contributed by atoms with E-state index >= 15 is 0 Å². The van der Waals surface area contributed by atoms with Crippen LogP contribution in [0.25, 0.3) is 0 Å².